The molecule has 0 saturated carbocycles. The molecule has 0 aliphatic rings. The van der Waals surface area contributed by atoms with E-state index in [4.69, 9.17) is 16.0 Å². The van der Waals surface area contributed by atoms with E-state index in [9.17, 15) is 4.39 Å². The van der Waals surface area contributed by atoms with E-state index < -0.39 is 5.82 Å². The molecule has 0 atom stereocenters. The van der Waals surface area contributed by atoms with Crippen molar-refractivity contribution in [1.29, 1.82) is 0 Å². The van der Waals surface area contributed by atoms with Crippen LogP contribution in [-0.4, -0.2) is 12.0 Å². The van der Waals surface area contributed by atoms with E-state index in [0.29, 0.717) is 23.2 Å². The van der Waals surface area contributed by atoms with Crippen molar-refractivity contribution in [3.05, 3.63) is 41.1 Å². The van der Waals surface area contributed by atoms with Gasteiger partial charge in [0.05, 0.1) is 23.3 Å². The first-order chi connectivity index (χ1) is 7.72. The normalized spacial score (nSPS) is 10.7. The first-order valence-corrected chi connectivity index (χ1v) is 5.14. The summed E-state index contributed by atoms with van der Waals surface area (Å²) in [5, 5.41) is 3.21. The molecule has 5 heteroatoms. The predicted octanol–water partition coefficient (Wildman–Crippen LogP) is 2.85. The number of aromatic nitrogens is 1. The van der Waals surface area contributed by atoms with Gasteiger partial charge >= 0.3 is 0 Å². The van der Waals surface area contributed by atoms with E-state index >= 15 is 0 Å². The summed E-state index contributed by atoms with van der Waals surface area (Å²) in [5.74, 6) is 0.421. The second-order valence-electron chi connectivity index (χ2n) is 3.25. The molecule has 0 radical (unpaired) electrons. The van der Waals surface area contributed by atoms with Gasteiger partial charge in [-0.15, -0.1) is 0 Å². The zero-order valence-corrected chi connectivity index (χ0v) is 9.38. The minimum absolute atomic E-state index is 0.249. The maximum absolute atomic E-state index is 13.5. The van der Waals surface area contributed by atoms with Crippen molar-refractivity contribution in [3.63, 3.8) is 0 Å². The molecule has 84 valence electrons. The van der Waals surface area contributed by atoms with Crippen molar-refractivity contribution in [2.75, 3.05) is 7.05 Å². The third kappa shape index (κ3) is 2.08. The maximum Gasteiger partial charge on any atom is 0.208 e. The Morgan fingerprint density at radius 3 is 3.00 bits per heavy atom. The van der Waals surface area contributed by atoms with Gasteiger partial charge in [-0.25, -0.2) is 9.37 Å². The highest BCUT2D eigenvalue weighted by Gasteiger charge is 2.14. The molecule has 0 amide bonds. The van der Waals surface area contributed by atoms with E-state index in [1.165, 1.54) is 12.3 Å². The van der Waals surface area contributed by atoms with Crippen LogP contribution in [0, 0.1) is 5.82 Å². The predicted molar refractivity (Wildman–Crippen MR) is 59.7 cm³/mol. The van der Waals surface area contributed by atoms with E-state index in [-0.39, 0.29) is 5.56 Å². The Morgan fingerprint density at radius 2 is 2.31 bits per heavy atom. The second-order valence-corrected chi connectivity index (χ2v) is 3.65. The molecule has 0 bridgehead atoms. The molecular formula is C11H10ClFN2O. The number of oxazole rings is 1. The number of rotatable bonds is 3. The van der Waals surface area contributed by atoms with Gasteiger partial charge in [0.1, 0.15) is 5.82 Å². The summed E-state index contributed by atoms with van der Waals surface area (Å²) in [4.78, 5) is 4.01. The molecule has 3 nitrogen and oxygen atoms in total. The summed E-state index contributed by atoms with van der Waals surface area (Å²) in [6.45, 7) is 0.492. The number of nitrogens with zero attached hydrogens (tertiary/aromatic N) is 1. The highest BCUT2D eigenvalue weighted by molar-refractivity contribution is 6.33. The molecule has 0 aliphatic carbocycles. The quantitative estimate of drug-likeness (QED) is 0.897. The number of benzene rings is 1. The Kier molecular flexibility index (Phi) is 3.22. The number of halogens is 2. The first-order valence-electron chi connectivity index (χ1n) is 4.76. The summed E-state index contributed by atoms with van der Waals surface area (Å²) < 4.78 is 18.9. The van der Waals surface area contributed by atoms with Crippen LogP contribution in [0.4, 0.5) is 4.39 Å². The summed E-state index contributed by atoms with van der Waals surface area (Å²) in [5.41, 5.74) is 0.249. The molecule has 0 aliphatic heterocycles. The summed E-state index contributed by atoms with van der Waals surface area (Å²) in [6.07, 6.45) is 1.47. The largest absolute Gasteiger partial charge is 0.439 e. The molecule has 16 heavy (non-hydrogen) atoms. The van der Waals surface area contributed by atoms with Crippen LogP contribution in [0.1, 0.15) is 5.89 Å². The van der Waals surface area contributed by atoms with Gasteiger partial charge in [0, 0.05) is 0 Å². The molecular weight excluding hydrogens is 231 g/mol. The Labute approximate surface area is 97.3 Å². The highest BCUT2D eigenvalue weighted by Crippen LogP contribution is 2.30. The van der Waals surface area contributed by atoms with Crippen molar-refractivity contribution in [3.8, 4) is 11.3 Å². The van der Waals surface area contributed by atoms with Crippen LogP contribution in [-0.2, 0) is 6.54 Å². The highest BCUT2D eigenvalue weighted by atomic mass is 35.5. The fraction of sp³-hybridized carbons (Fsp3) is 0.182. The summed E-state index contributed by atoms with van der Waals surface area (Å²) in [7, 11) is 1.78. The van der Waals surface area contributed by atoms with Gasteiger partial charge in [-0.05, 0) is 19.2 Å². The lowest BCUT2D eigenvalue weighted by molar-refractivity contribution is 0.488. The van der Waals surface area contributed by atoms with Crippen LogP contribution in [0.5, 0.6) is 0 Å². The smallest absolute Gasteiger partial charge is 0.208 e. The van der Waals surface area contributed by atoms with E-state index in [1.54, 1.807) is 19.2 Å². The van der Waals surface area contributed by atoms with Crippen LogP contribution in [0.2, 0.25) is 5.02 Å². The lowest BCUT2D eigenvalue weighted by Crippen LogP contribution is -2.04. The second kappa shape index (κ2) is 4.63. The van der Waals surface area contributed by atoms with Crippen molar-refractivity contribution < 1.29 is 8.81 Å². The van der Waals surface area contributed by atoms with Gasteiger partial charge in [0.15, 0.2) is 5.76 Å². The minimum atomic E-state index is -0.417. The third-order valence-electron chi connectivity index (χ3n) is 2.09. The molecule has 0 saturated heterocycles. The molecule has 0 unspecified atom stereocenters. The zero-order chi connectivity index (χ0) is 11.5. The van der Waals surface area contributed by atoms with Crippen LogP contribution in [0.25, 0.3) is 11.3 Å². The average molecular weight is 241 g/mol. The Bertz CT molecular complexity index is 478. The average Bonchev–Trinajstić information content (AvgIpc) is 2.67. The standard InChI is InChI=1S/C11H10ClFN2O/c1-14-6-10-15-5-9(16-10)11-7(12)3-2-4-8(11)13/h2-5,14H,6H2,1H3. The van der Waals surface area contributed by atoms with Gasteiger partial charge in [-0.3, -0.25) is 0 Å². The molecule has 2 rings (SSSR count). The minimum Gasteiger partial charge on any atom is -0.439 e. The van der Waals surface area contributed by atoms with E-state index in [0.717, 1.165) is 0 Å². The fourth-order valence-electron chi connectivity index (χ4n) is 1.39. The molecule has 1 N–H and O–H groups in total. The van der Waals surface area contributed by atoms with Crippen molar-refractivity contribution >= 4 is 11.6 Å². The van der Waals surface area contributed by atoms with E-state index in [1.807, 2.05) is 0 Å². The Hall–Kier alpha value is -1.39. The Balaban J connectivity index is 2.42. The lowest BCUT2D eigenvalue weighted by atomic mass is 10.2. The number of hydrogen-bond donors (Lipinski definition) is 1. The lowest BCUT2D eigenvalue weighted by Gasteiger charge is -2.01. The van der Waals surface area contributed by atoms with Crippen molar-refractivity contribution in [1.82, 2.24) is 10.3 Å². The van der Waals surface area contributed by atoms with Gasteiger partial charge in [-0.2, -0.15) is 0 Å². The molecule has 1 aromatic carbocycles. The third-order valence-corrected chi connectivity index (χ3v) is 2.41. The SMILES string of the molecule is CNCc1ncc(-c2c(F)cccc2Cl)o1. The topological polar surface area (TPSA) is 38.1 Å². The molecule has 1 aromatic heterocycles. The molecule has 2 aromatic rings. The first kappa shape index (κ1) is 11.1. The monoisotopic (exact) mass is 240 g/mol. The Morgan fingerprint density at radius 1 is 1.50 bits per heavy atom. The summed E-state index contributed by atoms with van der Waals surface area (Å²) >= 11 is 5.91. The van der Waals surface area contributed by atoms with Gasteiger partial charge in [0.2, 0.25) is 5.89 Å². The van der Waals surface area contributed by atoms with E-state index in [2.05, 4.69) is 10.3 Å². The fourth-order valence-corrected chi connectivity index (χ4v) is 1.65. The zero-order valence-electron chi connectivity index (χ0n) is 8.63. The van der Waals surface area contributed by atoms with Crippen LogP contribution >= 0.6 is 11.6 Å². The number of hydrogen-bond acceptors (Lipinski definition) is 3. The van der Waals surface area contributed by atoms with Gasteiger partial charge in [0.25, 0.3) is 0 Å². The molecule has 0 spiro atoms. The van der Waals surface area contributed by atoms with Gasteiger partial charge < -0.3 is 9.73 Å². The molecule has 1 heterocycles. The van der Waals surface area contributed by atoms with Crippen molar-refractivity contribution in [2.24, 2.45) is 0 Å². The summed E-state index contributed by atoms with van der Waals surface area (Å²) in [6, 6.07) is 4.49. The van der Waals surface area contributed by atoms with Gasteiger partial charge in [-0.1, -0.05) is 17.7 Å². The maximum atomic E-state index is 13.5. The van der Waals surface area contributed by atoms with Crippen molar-refractivity contribution in [2.45, 2.75) is 6.54 Å². The number of nitrogens with one attached hydrogen (secondary N) is 1. The molecule has 0 fully saturated rings. The van der Waals surface area contributed by atoms with Crippen LogP contribution in [0.15, 0.2) is 28.8 Å². The van der Waals surface area contributed by atoms with Crippen LogP contribution < -0.4 is 5.32 Å². The van der Waals surface area contributed by atoms with Crippen LogP contribution in [0.3, 0.4) is 0 Å².